The first kappa shape index (κ1) is 13.7. The van der Waals surface area contributed by atoms with Crippen LogP contribution >= 0.6 is 11.3 Å². The van der Waals surface area contributed by atoms with Crippen molar-refractivity contribution < 1.29 is 9.53 Å². The maximum Gasteiger partial charge on any atom is 0.357 e. The van der Waals surface area contributed by atoms with Gasteiger partial charge in [0, 0.05) is 11.6 Å². The van der Waals surface area contributed by atoms with Crippen LogP contribution in [0.4, 0.5) is 0 Å². The van der Waals surface area contributed by atoms with Gasteiger partial charge in [-0.3, -0.25) is 0 Å². The summed E-state index contributed by atoms with van der Waals surface area (Å²) in [6.07, 6.45) is 1.63. The van der Waals surface area contributed by atoms with E-state index in [0.29, 0.717) is 5.69 Å². The summed E-state index contributed by atoms with van der Waals surface area (Å²) in [5.74, 6) is -0.405. The normalized spacial score (nSPS) is 10.8. The van der Waals surface area contributed by atoms with Crippen LogP contribution in [0.25, 0.3) is 10.8 Å². The molecule has 106 valence electrons. The molecule has 0 atom stereocenters. The van der Waals surface area contributed by atoms with Crippen molar-refractivity contribution in [3.63, 3.8) is 0 Å². The van der Waals surface area contributed by atoms with Gasteiger partial charge < -0.3 is 4.74 Å². The molecule has 21 heavy (non-hydrogen) atoms. The lowest BCUT2D eigenvalue weighted by Crippen LogP contribution is -2.08. The molecule has 0 unspecified atom stereocenters. The number of hydrogen-bond acceptors (Lipinski definition) is 5. The molecule has 0 aliphatic heterocycles. The lowest BCUT2D eigenvalue weighted by atomic mass is 10.1. The van der Waals surface area contributed by atoms with Crippen LogP contribution in [0, 0.1) is 13.8 Å². The number of aromatic nitrogens is 2. The Morgan fingerprint density at radius 2 is 2.05 bits per heavy atom. The summed E-state index contributed by atoms with van der Waals surface area (Å²) in [7, 11) is 0. The van der Waals surface area contributed by atoms with Gasteiger partial charge >= 0.3 is 5.97 Å². The fourth-order valence-corrected chi connectivity index (χ4v) is 3.04. The number of aryl methyl sites for hydroxylation is 2. The molecule has 0 bridgehead atoms. The van der Waals surface area contributed by atoms with Gasteiger partial charge in [0.15, 0.2) is 5.69 Å². The zero-order chi connectivity index (χ0) is 14.8. The molecule has 2 heterocycles. The standard InChI is InChI=1S/C16H14N2O2S/c1-10-14(21-11(2)18-10)9-20-16(19)15-13-6-4-3-5-12(13)7-8-17-15/h3-8H,9H2,1-2H3. The third kappa shape index (κ3) is 2.78. The second-order valence-corrected chi connectivity index (χ2v) is 5.99. The number of esters is 1. The topological polar surface area (TPSA) is 52.1 Å². The summed E-state index contributed by atoms with van der Waals surface area (Å²) in [5, 5.41) is 2.76. The van der Waals surface area contributed by atoms with Gasteiger partial charge in [-0.25, -0.2) is 14.8 Å². The maximum absolute atomic E-state index is 12.2. The second-order valence-electron chi connectivity index (χ2n) is 4.70. The third-order valence-electron chi connectivity index (χ3n) is 3.20. The number of hydrogen-bond donors (Lipinski definition) is 0. The molecule has 2 aromatic heterocycles. The Morgan fingerprint density at radius 1 is 1.24 bits per heavy atom. The van der Waals surface area contributed by atoms with Gasteiger partial charge in [0.05, 0.1) is 15.6 Å². The molecule has 3 rings (SSSR count). The van der Waals surface area contributed by atoms with E-state index in [1.807, 2.05) is 44.2 Å². The Morgan fingerprint density at radius 3 is 2.81 bits per heavy atom. The highest BCUT2D eigenvalue weighted by molar-refractivity contribution is 7.11. The number of fused-ring (bicyclic) bond motifs is 1. The summed E-state index contributed by atoms with van der Waals surface area (Å²) in [6, 6.07) is 9.52. The molecule has 0 amide bonds. The third-order valence-corrected chi connectivity index (χ3v) is 4.25. The predicted molar refractivity (Wildman–Crippen MR) is 82.5 cm³/mol. The average Bonchev–Trinajstić information content (AvgIpc) is 2.82. The number of ether oxygens (including phenoxy) is 1. The SMILES string of the molecule is Cc1nc(C)c(COC(=O)c2nccc3ccccc23)s1. The first-order valence-corrected chi connectivity index (χ1v) is 7.40. The average molecular weight is 298 g/mol. The Kier molecular flexibility index (Phi) is 3.66. The highest BCUT2D eigenvalue weighted by atomic mass is 32.1. The molecule has 0 saturated heterocycles. The molecule has 0 radical (unpaired) electrons. The van der Waals surface area contributed by atoms with Gasteiger partial charge in [-0.1, -0.05) is 24.3 Å². The number of benzene rings is 1. The molecule has 0 N–H and O–H groups in total. The minimum Gasteiger partial charge on any atom is -0.455 e. The number of thiazole rings is 1. The Hall–Kier alpha value is -2.27. The lowest BCUT2D eigenvalue weighted by molar-refractivity contribution is 0.0471. The van der Waals surface area contributed by atoms with Crippen LogP contribution in [0.3, 0.4) is 0 Å². The fourth-order valence-electron chi connectivity index (χ4n) is 2.19. The monoisotopic (exact) mass is 298 g/mol. The summed E-state index contributed by atoms with van der Waals surface area (Å²) in [4.78, 5) is 21.7. The van der Waals surface area contributed by atoms with E-state index in [9.17, 15) is 4.79 Å². The number of carbonyl (C=O) groups is 1. The van der Waals surface area contributed by atoms with Crippen LogP contribution in [0.15, 0.2) is 36.5 Å². The minimum absolute atomic E-state index is 0.237. The van der Waals surface area contributed by atoms with Crippen molar-refractivity contribution in [3.8, 4) is 0 Å². The zero-order valence-corrected chi connectivity index (χ0v) is 12.6. The molecule has 0 spiro atoms. The Balaban J connectivity index is 1.83. The van der Waals surface area contributed by atoms with Crippen LogP contribution in [-0.4, -0.2) is 15.9 Å². The summed E-state index contributed by atoms with van der Waals surface area (Å²) in [5.41, 5.74) is 1.27. The number of rotatable bonds is 3. The van der Waals surface area contributed by atoms with Gasteiger partial charge in [-0.2, -0.15) is 0 Å². The van der Waals surface area contributed by atoms with E-state index in [2.05, 4.69) is 9.97 Å². The highest BCUT2D eigenvalue weighted by Gasteiger charge is 2.14. The van der Waals surface area contributed by atoms with Crippen LogP contribution < -0.4 is 0 Å². The van der Waals surface area contributed by atoms with Crippen molar-refractivity contribution in [1.29, 1.82) is 0 Å². The number of pyridine rings is 1. The molecule has 5 heteroatoms. The predicted octanol–water partition coefficient (Wildman–Crippen LogP) is 3.67. The molecule has 4 nitrogen and oxygen atoms in total. The zero-order valence-electron chi connectivity index (χ0n) is 11.8. The van der Waals surface area contributed by atoms with Gasteiger partial charge in [-0.15, -0.1) is 11.3 Å². The molecule has 3 aromatic rings. The Labute approximate surface area is 126 Å². The van der Waals surface area contributed by atoms with Crippen molar-refractivity contribution in [3.05, 3.63) is 57.8 Å². The van der Waals surface area contributed by atoms with Crippen molar-refractivity contribution in [2.45, 2.75) is 20.5 Å². The summed E-state index contributed by atoms with van der Waals surface area (Å²) >= 11 is 1.55. The number of carbonyl (C=O) groups excluding carboxylic acids is 1. The quantitative estimate of drug-likeness (QED) is 0.692. The molecule has 0 fully saturated rings. The summed E-state index contributed by atoms with van der Waals surface area (Å²) in [6.45, 7) is 4.10. The van der Waals surface area contributed by atoms with Gasteiger partial charge in [0.2, 0.25) is 0 Å². The first-order valence-electron chi connectivity index (χ1n) is 6.59. The van der Waals surface area contributed by atoms with Gasteiger partial charge in [-0.05, 0) is 25.3 Å². The van der Waals surface area contributed by atoms with Crippen molar-refractivity contribution in [1.82, 2.24) is 9.97 Å². The smallest absolute Gasteiger partial charge is 0.357 e. The minimum atomic E-state index is -0.405. The van der Waals surface area contributed by atoms with Crippen LogP contribution in [0.2, 0.25) is 0 Å². The first-order chi connectivity index (χ1) is 10.1. The van der Waals surface area contributed by atoms with Gasteiger partial charge in [0.25, 0.3) is 0 Å². The van der Waals surface area contributed by atoms with E-state index in [-0.39, 0.29) is 6.61 Å². The van der Waals surface area contributed by atoms with E-state index < -0.39 is 5.97 Å². The van der Waals surface area contributed by atoms with Crippen LogP contribution in [0.1, 0.15) is 26.1 Å². The fraction of sp³-hybridized carbons (Fsp3) is 0.188. The molecule has 0 aliphatic carbocycles. The van der Waals surface area contributed by atoms with E-state index in [1.165, 1.54) is 0 Å². The second kappa shape index (κ2) is 5.61. The van der Waals surface area contributed by atoms with Crippen LogP contribution in [-0.2, 0) is 11.3 Å². The summed E-state index contributed by atoms with van der Waals surface area (Å²) < 4.78 is 5.39. The van der Waals surface area contributed by atoms with Crippen molar-refractivity contribution in [2.24, 2.45) is 0 Å². The lowest BCUT2D eigenvalue weighted by Gasteiger charge is -2.06. The largest absolute Gasteiger partial charge is 0.455 e. The Bertz CT molecular complexity index is 806. The van der Waals surface area contributed by atoms with E-state index in [1.54, 1.807) is 17.5 Å². The molecule has 0 aliphatic rings. The van der Waals surface area contributed by atoms with Crippen molar-refractivity contribution >= 4 is 28.1 Å². The molecular formula is C16H14N2O2S. The van der Waals surface area contributed by atoms with Crippen molar-refractivity contribution in [2.75, 3.05) is 0 Å². The van der Waals surface area contributed by atoms with Crippen LogP contribution in [0.5, 0.6) is 0 Å². The van der Waals surface area contributed by atoms with E-state index >= 15 is 0 Å². The molecule has 1 aromatic carbocycles. The molecule has 0 saturated carbocycles. The van der Waals surface area contributed by atoms with E-state index in [0.717, 1.165) is 26.4 Å². The molecular weight excluding hydrogens is 284 g/mol. The van der Waals surface area contributed by atoms with Gasteiger partial charge in [0.1, 0.15) is 6.61 Å². The number of nitrogens with zero attached hydrogens (tertiary/aromatic N) is 2. The van der Waals surface area contributed by atoms with E-state index in [4.69, 9.17) is 4.74 Å². The highest BCUT2D eigenvalue weighted by Crippen LogP contribution is 2.20. The maximum atomic E-state index is 12.2.